The zero-order valence-corrected chi connectivity index (χ0v) is 10.7. The molecule has 98 valence electrons. The van der Waals surface area contributed by atoms with Crippen molar-refractivity contribution in [2.24, 2.45) is 0 Å². The van der Waals surface area contributed by atoms with Crippen molar-refractivity contribution >= 4 is 10.0 Å². The molecule has 2 aromatic heterocycles. The van der Waals surface area contributed by atoms with Gasteiger partial charge in [0.2, 0.25) is 10.0 Å². The fraction of sp³-hybridized carbons (Fsp3) is 0.182. The molecule has 0 aliphatic rings. The van der Waals surface area contributed by atoms with E-state index in [0.717, 1.165) is 5.69 Å². The van der Waals surface area contributed by atoms with Crippen LogP contribution in [0.1, 0.15) is 11.4 Å². The molecule has 0 saturated carbocycles. The highest BCUT2D eigenvalue weighted by Crippen LogP contribution is 2.11. The molecule has 0 atom stereocenters. The van der Waals surface area contributed by atoms with Crippen LogP contribution in [0.25, 0.3) is 0 Å². The molecular weight excluding hydrogens is 266 g/mol. The predicted octanol–water partition coefficient (Wildman–Crippen LogP) is 0.197. The first-order valence-corrected chi connectivity index (χ1v) is 6.94. The Kier molecular flexibility index (Phi) is 3.89. The van der Waals surface area contributed by atoms with Gasteiger partial charge in [-0.1, -0.05) is 0 Å². The molecule has 0 radical (unpaired) electrons. The lowest BCUT2D eigenvalue weighted by atomic mass is 10.3. The summed E-state index contributed by atoms with van der Waals surface area (Å²) in [5, 5.41) is 8.84. The molecule has 8 heteroatoms. The highest BCUT2D eigenvalue weighted by atomic mass is 32.2. The zero-order chi connectivity index (χ0) is 13.7. The monoisotopic (exact) mass is 277 g/mol. The van der Waals surface area contributed by atoms with Gasteiger partial charge in [0.15, 0.2) is 5.69 Å². The van der Waals surface area contributed by atoms with Gasteiger partial charge in [0.1, 0.15) is 11.0 Å². The summed E-state index contributed by atoms with van der Waals surface area (Å²) < 4.78 is 26.4. The summed E-state index contributed by atoms with van der Waals surface area (Å²) in [5.41, 5.74) is 0.714. The summed E-state index contributed by atoms with van der Waals surface area (Å²) in [6.45, 7) is 0.213. The number of nitrogens with one attached hydrogen (secondary N) is 2. The number of rotatable bonds is 5. The maximum atomic E-state index is 12.0. The van der Waals surface area contributed by atoms with E-state index in [9.17, 15) is 8.42 Å². The SMILES string of the molecule is N#Cc1ncccc1S(=O)(=O)NCCc1cnc[nH]1. The predicted molar refractivity (Wildman–Crippen MR) is 66.4 cm³/mol. The van der Waals surface area contributed by atoms with E-state index in [1.807, 2.05) is 0 Å². The van der Waals surface area contributed by atoms with Crippen molar-refractivity contribution in [3.63, 3.8) is 0 Å². The minimum absolute atomic E-state index is 0.109. The fourth-order valence-electron chi connectivity index (χ4n) is 1.51. The highest BCUT2D eigenvalue weighted by molar-refractivity contribution is 7.89. The van der Waals surface area contributed by atoms with Crippen molar-refractivity contribution in [2.45, 2.75) is 11.3 Å². The van der Waals surface area contributed by atoms with Gasteiger partial charge in [-0.15, -0.1) is 0 Å². The third-order valence-electron chi connectivity index (χ3n) is 2.41. The Morgan fingerprint density at radius 2 is 2.32 bits per heavy atom. The molecule has 19 heavy (non-hydrogen) atoms. The Bertz CT molecular complexity index is 688. The number of aromatic amines is 1. The molecule has 0 fully saturated rings. The van der Waals surface area contributed by atoms with Crippen molar-refractivity contribution < 1.29 is 8.42 Å². The number of imidazole rings is 1. The normalized spacial score (nSPS) is 11.1. The molecule has 2 heterocycles. The van der Waals surface area contributed by atoms with Gasteiger partial charge in [-0.3, -0.25) is 0 Å². The number of sulfonamides is 1. The maximum Gasteiger partial charge on any atom is 0.243 e. The summed E-state index contributed by atoms with van der Waals surface area (Å²) >= 11 is 0. The molecule has 0 bridgehead atoms. The third kappa shape index (κ3) is 3.15. The Labute approximate surface area is 110 Å². The lowest BCUT2D eigenvalue weighted by Crippen LogP contribution is -2.27. The van der Waals surface area contributed by atoms with Crippen molar-refractivity contribution in [3.8, 4) is 6.07 Å². The molecule has 2 aromatic rings. The molecule has 7 nitrogen and oxygen atoms in total. The standard InChI is InChI=1S/C11H11N5O2S/c12-6-10-11(2-1-4-14-10)19(17,18)16-5-3-9-7-13-8-15-9/h1-2,4,7-8,16H,3,5H2,(H,13,15). The van der Waals surface area contributed by atoms with Gasteiger partial charge >= 0.3 is 0 Å². The Morgan fingerprint density at radius 1 is 1.47 bits per heavy atom. The van der Waals surface area contributed by atoms with E-state index in [4.69, 9.17) is 5.26 Å². The van der Waals surface area contributed by atoms with Gasteiger partial charge in [-0.05, 0) is 12.1 Å². The van der Waals surface area contributed by atoms with E-state index in [0.29, 0.717) is 6.42 Å². The largest absolute Gasteiger partial charge is 0.348 e. The summed E-state index contributed by atoms with van der Waals surface area (Å²) in [5.74, 6) is 0. The Morgan fingerprint density at radius 3 is 3.00 bits per heavy atom. The van der Waals surface area contributed by atoms with Crippen LogP contribution >= 0.6 is 0 Å². The Hall–Kier alpha value is -2.24. The summed E-state index contributed by atoms with van der Waals surface area (Å²) in [6, 6.07) is 4.59. The average molecular weight is 277 g/mol. The highest BCUT2D eigenvalue weighted by Gasteiger charge is 2.18. The van der Waals surface area contributed by atoms with Crippen LogP contribution < -0.4 is 4.72 Å². The lowest BCUT2D eigenvalue weighted by molar-refractivity contribution is 0.580. The minimum Gasteiger partial charge on any atom is -0.348 e. The van der Waals surface area contributed by atoms with E-state index in [1.54, 1.807) is 12.3 Å². The van der Waals surface area contributed by atoms with Gasteiger partial charge < -0.3 is 4.98 Å². The van der Waals surface area contributed by atoms with E-state index in [2.05, 4.69) is 19.7 Å². The van der Waals surface area contributed by atoms with Crippen LogP contribution in [0.15, 0.2) is 35.7 Å². The van der Waals surface area contributed by atoms with Crippen LogP contribution in [0.2, 0.25) is 0 Å². The molecule has 2 N–H and O–H groups in total. The van der Waals surface area contributed by atoms with Crippen molar-refractivity contribution in [2.75, 3.05) is 6.54 Å². The fourth-order valence-corrected chi connectivity index (χ4v) is 2.65. The minimum atomic E-state index is -3.73. The smallest absolute Gasteiger partial charge is 0.243 e. The number of hydrogen-bond acceptors (Lipinski definition) is 5. The van der Waals surface area contributed by atoms with Gasteiger partial charge in [-0.2, -0.15) is 5.26 Å². The molecular formula is C11H11N5O2S. The maximum absolute atomic E-state index is 12.0. The molecule has 0 aliphatic heterocycles. The van der Waals surface area contributed by atoms with E-state index >= 15 is 0 Å². The van der Waals surface area contributed by atoms with Crippen molar-refractivity contribution in [3.05, 3.63) is 42.2 Å². The van der Waals surface area contributed by atoms with Crippen LogP contribution in [0.5, 0.6) is 0 Å². The molecule has 2 rings (SSSR count). The zero-order valence-electron chi connectivity index (χ0n) is 9.87. The number of aromatic nitrogens is 3. The average Bonchev–Trinajstić information content (AvgIpc) is 2.91. The van der Waals surface area contributed by atoms with E-state index in [-0.39, 0.29) is 17.1 Å². The number of H-pyrrole nitrogens is 1. The lowest BCUT2D eigenvalue weighted by Gasteiger charge is -2.06. The Balaban J connectivity index is 2.08. The first-order chi connectivity index (χ1) is 9.13. The van der Waals surface area contributed by atoms with Crippen LogP contribution in [-0.4, -0.2) is 29.9 Å². The second-order valence-corrected chi connectivity index (χ2v) is 5.42. The first kappa shape index (κ1) is 13.2. The molecule has 0 spiro atoms. The molecule has 0 aromatic carbocycles. The number of pyridine rings is 1. The number of nitriles is 1. The number of hydrogen-bond donors (Lipinski definition) is 2. The summed E-state index contributed by atoms with van der Waals surface area (Å²) in [7, 11) is -3.73. The summed E-state index contributed by atoms with van der Waals surface area (Å²) in [6.07, 6.45) is 5.02. The first-order valence-electron chi connectivity index (χ1n) is 5.45. The van der Waals surface area contributed by atoms with Crippen molar-refractivity contribution in [1.82, 2.24) is 19.7 Å². The van der Waals surface area contributed by atoms with Gasteiger partial charge in [0, 0.05) is 31.1 Å². The molecule has 0 amide bonds. The quantitative estimate of drug-likeness (QED) is 0.810. The summed E-state index contributed by atoms with van der Waals surface area (Å²) in [4.78, 5) is 10.3. The van der Waals surface area contributed by atoms with Gasteiger partial charge in [0.25, 0.3) is 0 Å². The molecule has 0 unspecified atom stereocenters. The van der Waals surface area contributed by atoms with Gasteiger partial charge in [0.05, 0.1) is 6.33 Å². The second kappa shape index (κ2) is 5.60. The topological polar surface area (TPSA) is 112 Å². The molecule has 0 aliphatic carbocycles. The third-order valence-corrected chi connectivity index (χ3v) is 3.90. The van der Waals surface area contributed by atoms with Crippen molar-refractivity contribution in [1.29, 1.82) is 5.26 Å². The van der Waals surface area contributed by atoms with Crippen LogP contribution in [0.3, 0.4) is 0 Å². The van der Waals surface area contributed by atoms with Gasteiger partial charge in [-0.25, -0.2) is 23.1 Å². The van der Waals surface area contributed by atoms with Crippen LogP contribution in [0.4, 0.5) is 0 Å². The number of nitrogens with zero attached hydrogens (tertiary/aromatic N) is 3. The van der Waals surface area contributed by atoms with E-state index < -0.39 is 10.0 Å². The van der Waals surface area contributed by atoms with Crippen LogP contribution in [0, 0.1) is 11.3 Å². The van der Waals surface area contributed by atoms with E-state index in [1.165, 1.54) is 24.7 Å². The second-order valence-electron chi connectivity index (χ2n) is 3.69. The van der Waals surface area contributed by atoms with Crippen LogP contribution in [-0.2, 0) is 16.4 Å². The molecule has 0 saturated heterocycles.